The van der Waals surface area contributed by atoms with Crippen LogP contribution in [0, 0.1) is 12.7 Å². The highest BCUT2D eigenvalue weighted by molar-refractivity contribution is 6.31. The highest BCUT2D eigenvalue weighted by Crippen LogP contribution is 2.19. The summed E-state index contributed by atoms with van der Waals surface area (Å²) in [6, 6.07) is 5.34. The average molecular weight is 338 g/mol. The van der Waals surface area contributed by atoms with Crippen LogP contribution in [-0.2, 0) is 6.54 Å². The van der Waals surface area contributed by atoms with Crippen molar-refractivity contribution in [3.63, 3.8) is 0 Å². The first-order valence-corrected chi connectivity index (χ1v) is 7.25. The predicted molar refractivity (Wildman–Crippen MR) is 88.4 cm³/mol. The predicted octanol–water partition coefficient (Wildman–Crippen LogP) is 2.97. The summed E-state index contributed by atoms with van der Waals surface area (Å²) >= 11 is 5.66. The summed E-state index contributed by atoms with van der Waals surface area (Å²) in [6.07, 6.45) is 0. The lowest BCUT2D eigenvalue weighted by Gasteiger charge is -2.13. The second kappa shape index (κ2) is 7.23. The summed E-state index contributed by atoms with van der Waals surface area (Å²) in [5.74, 6) is 0.725. The Bertz CT molecular complexity index is 723. The first-order valence-electron chi connectivity index (χ1n) is 6.87. The van der Waals surface area contributed by atoms with Crippen molar-refractivity contribution >= 4 is 29.1 Å². The maximum Gasteiger partial charge on any atom is 0.319 e. The van der Waals surface area contributed by atoms with Crippen LogP contribution < -0.4 is 15.5 Å². The first-order chi connectivity index (χ1) is 10.8. The van der Waals surface area contributed by atoms with Gasteiger partial charge in [-0.25, -0.2) is 19.2 Å². The van der Waals surface area contributed by atoms with Gasteiger partial charge in [-0.05, 0) is 25.1 Å². The van der Waals surface area contributed by atoms with Crippen molar-refractivity contribution in [2.75, 3.05) is 24.3 Å². The van der Waals surface area contributed by atoms with E-state index in [2.05, 4.69) is 20.6 Å². The number of halogens is 2. The molecule has 0 atom stereocenters. The number of nitrogens with zero attached hydrogens (tertiary/aromatic N) is 3. The number of nitrogens with one attached hydrogen (secondary N) is 2. The number of benzene rings is 1. The number of hydrogen-bond acceptors (Lipinski definition) is 4. The van der Waals surface area contributed by atoms with Gasteiger partial charge in [-0.1, -0.05) is 11.6 Å². The van der Waals surface area contributed by atoms with E-state index in [1.54, 1.807) is 0 Å². The Kier molecular flexibility index (Phi) is 5.33. The summed E-state index contributed by atoms with van der Waals surface area (Å²) in [5, 5.41) is 5.15. The van der Waals surface area contributed by atoms with Crippen LogP contribution in [0.15, 0.2) is 24.3 Å². The summed E-state index contributed by atoms with van der Waals surface area (Å²) in [6.45, 7) is 2.03. The molecule has 0 aliphatic rings. The minimum atomic E-state index is -0.540. The molecule has 0 aliphatic heterocycles. The second-order valence-electron chi connectivity index (χ2n) is 5.11. The van der Waals surface area contributed by atoms with E-state index in [0.29, 0.717) is 11.5 Å². The largest absolute Gasteiger partial charge is 0.363 e. The van der Waals surface area contributed by atoms with E-state index in [4.69, 9.17) is 11.6 Å². The van der Waals surface area contributed by atoms with Crippen molar-refractivity contribution in [1.29, 1.82) is 0 Å². The standard InChI is InChI=1S/C15H17ClFN5O/c1-9-6-14(22(2)3)21-13(19-9)8-18-15(23)20-10-4-5-12(17)11(16)7-10/h4-7H,8H2,1-3H3,(H2,18,20,23). The van der Waals surface area contributed by atoms with Gasteiger partial charge in [-0.3, -0.25) is 0 Å². The molecule has 2 N–H and O–H groups in total. The summed E-state index contributed by atoms with van der Waals surface area (Å²) in [4.78, 5) is 22.3. The van der Waals surface area contributed by atoms with Gasteiger partial charge in [0, 0.05) is 31.5 Å². The number of amides is 2. The molecule has 6 nitrogen and oxygen atoms in total. The van der Waals surface area contributed by atoms with Crippen LogP contribution in [0.1, 0.15) is 11.5 Å². The molecule has 0 saturated heterocycles. The molecule has 0 bridgehead atoms. The molecule has 2 aromatic rings. The molecule has 0 radical (unpaired) electrons. The van der Waals surface area contributed by atoms with Crippen molar-refractivity contribution in [2.24, 2.45) is 0 Å². The van der Waals surface area contributed by atoms with Crippen molar-refractivity contribution < 1.29 is 9.18 Å². The van der Waals surface area contributed by atoms with Crippen LogP contribution in [-0.4, -0.2) is 30.1 Å². The topological polar surface area (TPSA) is 70.2 Å². The zero-order valence-corrected chi connectivity index (χ0v) is 13.8. The fourth-order valence-corrected chi connectivity index (χ4v) is 2.01. The number of rotatable bonds is 4. The van der Waals surface area contributed by atoms with Crippen LogP contribution in [0.4, 0.5) is 20.7 Å². The number of anilines is 2. The molecule has 0 aliphatic carbocycles. The minimum Gasteiger partial charge on any atom is -0.363 e. The van der Waals surface area contributed by atoms with E-state index >= 15 is 0 Å². The van der Waals surface area contributed by atoms with Crippen LogP contribution in [0.2, 0.25) is 5.02 Å². The zero-order valence-electron chi connectivity index (χ0n) is 13.0. The van der Waals surface area contributed by atoms with Gasteiger partial charge in [0.2, 0.25) is 0 Å². The van der Waals surface area contributed by atoms with E-state index in [1.807, 2.05) is 32.0 Å². The van der Waals surface area contributed by atoms with Crippen LogP contribution in [0.5, 0.6) is 0 Å². The van der Waals surface area contributed by atoms with Gasteiger partial charge in [-0.2, -0.15) is 0 Å². The van der Waals surface area contributed by atoms with Gasteiger partial charge in [0.15, 0.2) is 0 Å². The number of carbonyl (C=O) groups is 1. The Morgan fingerprint density at radius 1 is 1.30 bits per heavy atom. The number of urea groups is 1. The highest BCUT2D eigenvalue weighted by Gasteiger charge is 2.08. The Balaban J connectivity index is 1.97. The third-order valence-electron chi connectivity index (χ3n) is 2.93. The van der Waals surface area contributed by atoms with Gasteiger partial charge < -0.3 is 15.5 Å². The maximum atomic E-state index is 13.1. The Labute approximate surface area is 138 Å². The molecule has 2 amide bonds. The lowest BCUT2D eigenvalue weighted by molar-refractivity contribution is 0.251. The van der Waals surface area contributed by atoms with E-state index in [1.165, 1.54) is 18.2 Å². The Morgan fingerprint density at radius 2 is 2.04 bits per heavy atom. The molecule has 0 saturated carbocycles. The molecule has 1 aromatic carbocycles. The minimum absolute atomic E-state index is 0.0551. The number of hydrogen-bond donors (Lipinski definition) is 2. The van der Waals surface area contributed by atoms with Crippen molar-refractivity contribution in [3.05, 3.63) is 46.6 Å². The van der Waals surface area contributed by atoms with E-state index in [-0.39, 0.29) is 11.6 Å². The van der Waals surface area contributed by atoms with Crippen LogP contribution in [0.25, 0.3) is 0 Å². The molecular weight excluding hydrogens is 321 g/mol. The Morgan fingerprint density at radius 3 is 2.70 bits per heavy atom. The first kappa shape index (κ1) is 17.0. The molecular formula is C15H17ClFN5O. The molecule has 1 aromatic heterocycles. The molecule has 122 valence electrons. The normalized spacial score (nSPS) is 10.3. The SMILES string of the molecule is Cc1cc(N(C)C)nc(CNC(=O)Nc2ccc(F)c(Cl)c2)n1. The molecule has 2 rings (SSSR count). The van der Waals surface area contributed by atoms with E-state index in [0.717, 1.165) is 11.5 Å². The second-order valence-corrected chi connectivity index (χ2v) is 5.52. The third kappa shape index (κ3) is 4.79. The van der Waals surface area contributed by atoms with E-state index in [9.17, 15) is 9.18 Å². The number of aromatic nitrogens is 2. The monoisotopic (exact) mass is 337 g/mol. The van der Waals surface area contributed by atoms with Crippen molar-refractivity contribution in [1.82, 2.24) is 15.3 Å². The molecule has 0 fully saturated rings. The van der Waals surface area contributed by atoms with Gasteiger partial charge >= 0.3 is 6.03 Å². The quantitative estimate of drug-likeness (QED) is 0.900. The number of carbonyl (C=O) groups excluding carboxylic acids is 1. The summed E-state index contributed by atoms with van der Waals surface area (Å²) in [7, 11) is 3.76. The number of aryl methyl sites for hydroxylation is 1. The molecule has 0 spiro atoms. The highest BCUT2D eigenvalue weighted by atomic mass is 35.5. The van der Waals surface area contributed by atoms with Crippen molar-refractivity contribution in [2.45, 2.75) is 13.5 Å². The van der Waals surface area contributed by atoms with E-state index < -0.39 is 11.8 Å². The van der Waals surface area contributed by atoms with Crippen LogP contribution in [0.3, 0.4) is 0 Å². The van der Waals surface area contributed by atoms with Crippen LogP contribution >= 0.6 is 11.6 Å². The summed E-state index contributed by atoms with van der Waals surface area (Å²) < 4.78 is 13.1. The smallest absolute Gasteiger partial charge is 0.319 e. The van der Waals surface area contributed by atoms with Gasteiger partial charge in [0.05, 0.1) is 11.6 Å². The lowest BCUT2D eigenvalue weighted by Crippen LogP contribution is -2.29. The molecule has 23 heavy (non-hydrogen) atoms. The average Bonchev–Trinajstić information content (AvgIpc) is 2.48. The van der Waals surface area contributed by atoms with Gasteiger partial charge in [0.25, 0.3) is 0 Å². The molecule has 0 unspecified atom stereocenters. The lowest BCUT2D eigenvalue weighted by atomic mass is 10.3. The fourth-order valence-electron chi connectivity index (χ4n) is 1.83. The zero-order chi connectivity index (χ0) is 17.0. The molecule has 8 heteroatoms. The summed E-state index contributed by atoms with van der Waals surface area (Å²) in [5.41, 5.74) is 1.21. The van der Waals surface area contributed by atoms with Crippen molar-refractivity contribution in [3.8, 4) is 0 Å². The fraction of sp³-hybridized carbons (Fsp3) is 0.267. The maximum absolute atomic E-state index is 13.1. The Hall–Kier alpha value is -2.41. The third-order valence-corrected chi connectivity index (χ3v) is 3.22. The van der Waals surface area contributed by atoms with Gasteiger partial charge in [0.1, 0.15) is 17.5 Å². The van der Waals surface area contributed by atoms with Gasteiger partial charge in [-0.15, -0.1) is 0 Å². The molecule has 1 heterocycles.